The lowest BCUT2D eigenvalue weighted by atomic mass is 10.2. The van der Waals surface area contributed by atoms with Gasteiger partial charge in [0.25, 0.3) is 0 Å². The van der Waals surface area contributed by atoms with Crippen LogP contribution in [0, 0.1) is 0 Å². The van der Waals surface area contributed by atoms with E-state index >= 15 is 0 Å². The number of fused-ring (bicyclic) bond motifs is 1. The Bertz CT molecular complexity index is 676. The predicted octanol–water partition coefficient (Wildman–Crippen LogP) is 1.92. The lowest BCUT2D eigenvalue weighted by molar-refractivity contribution is -0.117. The molecule has 23 heavy (non-hydrogen) atoms. The number of aromatic nitrogens is 1. The topological polar surface area (TPSA) is 63.7 Å². The highest BCUT2D eigenvalue weighted by molar-refractivity contribution is 5.92. The normalized spacial score (nSPS) is 13.0. The highest BCUT2D eigenvalue weighted by Gasteiger charge is 2.13. The van der Waals surface area contributed by atoms with Crippen molar-refractivity contribution in [3.63, 3.8) is 0 Å². The summed E-state index contributed by atoms with van der Waals surface area (Å²) in [4.78, 5) is 17.9. The summed E-state index contributed by atoms with van der Waals surface area (Å²) < 4.78 is 11.1. The number of pyridine rings is 1. The van der Waals surface area contributed by atoms with E-state index in [1.165, 1.54) is 0 Å². The number of benzene rings is 1. The van der Waals surface area contributed by atoms with Gasteiger partial charge in [0.15, 0.2) is 11.5 Å². The molecule has 3 rings (SSSR count). The van der Waals surface area contributed by atoms with Gasteiger partial charge in [-0.25, -0.2) is 0 Å². The third-order valence-electron chi connectivity index (χ3n) is 3.44. The van der Waals surface area contributed by atoms with Crippen molar-refractivity contribution in [2.45, 2.75) is 6.54 Å². The largest absolute Gasteiger partial charge is 0.486 e. The first-order valence-corrected chi connectivity index (χ1v) is 7.47. The minimum absolute atomic E-state index is 0.0590. The van der Waals surface area contributed by atoms with Crippen molar-refractivity contribution in [1.29, 1.82) is 0 Å². The number of carbonyl (C=O) groups is 1. The fraction of sp³-hybridized carbons (Fsp3) is 0.294. The van der Waals surface area contributed by atoms with Crippen LogP contribution in [0.25, 0.3) is 0 Å². The summed E-state index contributed by atoms with van der Waals surface area (Å²) in [6, 6.07) is 9.39. The molecule has 1 aliphatic rings. The summed E-state index contributed by atoms with van der Waals surface area (Å²) >= 11 is 0. The quantitative estimate of drug-likeness (QED) is 0.914. The Kier molecular flexibility index (Phi) is 4.73. The predicted molar refractivity (Wildman–Crippen MR) is 86.6 cm³/mol. The zero-order valence-electron chi connectivity index (χ0n) is 13.0. The second kappa shape index (κ2) is 7.11. The van der Waals surface area contributed by atoms with Crippen LogP contribution in [0.4, 0.5) is 5.69 Å². The van der Waals surface area contributed by atoms with Gasteiger partial charge in [0, 0.05) is 24.6 Å². The molecule has 0 saturated heterocycles. The molecular weight excluding hydrogens is 294 g/mol. The molecule has 6 heteroatoms. The van der Waals surface area contributed by atoms with E-state index in [0.29, 0.717) is 26.3 Å². The molecule has 0 unspecified atom stereocenters. The van der Waals surface area contributed by atoms with Gasteiger partial charge < -0.3 is 14.8 Å². The highest BCUT2D eigenvalue weighted by Crippen LogP contribution is 2.30. The summed E-state index contributed by atoms with van der Waals surface area (Å²) in [5.41, 5.74) is 1.83. The van der Waals surface area contributed by atoms with Crippen LogP contribution in [0.1, 0.15) is 5.56 Å². The number of ether oxygens (including phenoxy) is 2. The Hall–Kier alpha value is -2.60. The van der Waals surface area contributed by atoms with Crippen molar-refractivity contribution in [2.24, 2.45) is 0 Å². The first kappa shape index (κ1) is 15.3. The van der Waals surface area contributed by atoms with E-state index in [0.717, 1.165) is 22.7 Å². The van der Waals surface area contributed by atoms with E-state index in [2.05, 4.69) is 10.3 Å². The molecule has 120 valence electrons. The van der Waals surface area contributed by atoms with Crippen LogP contribution >= 0.6 is 0 Å². The van der Waals surface area contributed by atoms with Gasteiger partial charge in [-0.3, -0.25) is 14.7 Å². The summed E-state index contributed by atoms with van der Waals surface area (Å²) in [5, 5.41) is 2.84. The van der Waals surface area contributed by atoms with E-state index in [1.807, 2.05) is 30.1 Å². The van der Waals surface area contributed by atoms with E-state index in [4.69, 9.17) is 9.47 Å². The first-order valence-electron chi connectivity index (χ1n) is 7.47. The molecule has 1 N–H and O–H groups in total. The number of amides is 1. The zero-order valence-corrected chi connectivity index (χ0v) is 13.0. The molecule has 1 aromatic heterocycles. The SMILES string of the molecule is CN(CC(=O)Nc1ccncc1)Cc1ccc2c(c1)OCCO2. The summed E-state index contributed by atoms with van der Waals surface area (Å²) in [6.45, 7) is 2.11. The molecule has 0 saturated carbocycles. The monoisotopic (exact) mass is 313 g/mol. The van der Waals surface area contributed by atoms with Crippen LogP contribution in [0.15, 0.2) is 42.7 Å². The number of anilines is 1. The van der Waals surface area contributed by atoms with Gasteiger partial charge in [-0.05, 0) is 36.9 Å². The molecule has 1 aliphatic heterocycles. The number of likely N-dealkylation sites (N-methyl/N-ethyl adjacent to an activating group) is 1. The third kappa shape index (κ3) is 4.20. The summed E-state index contributed by atoms with van der Waals surface area (Å²) in [6.07, 6.45) is 3.29. The lowest BCUT2D eigenvalue weighted by Gasteiger charge is -2.21. The summed E-state index contributed by atoms with van der Waals surface area (Å²) in [5.74, 6) is 1.48. The highest BCUT2D eigenvalue weighted by atomic mass is 16.6. The van der Waals surface area contributed by atoms with E-state index in [9.17, 15) is 4.79 Å². The van der Waals surface area contributed by atoms with Crippen molar-refractivity contribution < 1.29 is 14.3 Å². The van der Waals surface area contributed by atoms with E-state index in [1.54, 1.807) is 24.5 Å². The number of carbonyl (C=O) groups excluding carboxylic acids is 1. The van der Waals surface area contributed by atoms with Gasteiger partial charge >= 0.3 is 0 Å². The molecule has 0 spiro atoms. The molecule has 0 aliphatic carbocycles. The van der Waals surface area contributed by atoms with Crippen molar-refractivity contribution >= 4 is 11.6 Å². The molecule has 0 bridgehead atoms. The second-order valence-corrected chi connectivity index (χ2v) is 5.43. The van der Waals surface area contributed by atoms with Crippen molar-refractivity contribution in [2.75, 3.05) is 32.1 Å². The van der Waals surface area contributed by atoms with Crippen LogP contribution in [0.5, 0.6) is 11.5 Å². The van der Waals surface area contributed by atoms with E-state index < -0.39 is 0 Å². The van der Waals surface area contributed by atoms with Crippen LogP contribution in [0.3, 0.4) is 0 Å². The maximum atomic E-state index is 12.0. The molecular formula is C17H19N3O3. The van der Waals surface area contributed by atoms with E-state index in [-0.39, 0.29) is 5.91 Å². The van der Waals surface area contributed by atoms with Gasteiger partial charge in [-0.1, -0.05) is 6.07 Å². The smallest absolute Gasteiger partial charge is 0.238 e. The number of nitrogens with zero attached hydrogens (tertiary/aromatic N) is 2. The minimum atomic E-state index is -0.0590. The number of nitrogens with one attached hydrogen (secondary N) is 1. The standard InChI is InChI=1S/C17H19N3O3/c1-20(12-17(21)19-14-4-6-18-7-5-14)11-13-2-3-15-16(10-13)23-9-8-22-15/h2-7,10H,8-9,11-12H2,1H3,(H,18,19,21). The Morgan fingerprint density at radius 2 is 1.91 bits per heavy atom. The van der Waals surface area contributed by atoms with Gasteiger partial charge in [-0.2, -0.15) is 0 Å². The number of hydrogen-bond donors (Lipinski definition) is 1. The third-order valence-corrected chi connectivity index (χ3v) is 3.44. The average molecular weight is 313 g/mol. The lowest BCUT2D eigenvalue weighted by Crippen LogP contribution is -2.29. The van der Waals surface area contributed by atoms with Crippen LogP contribution in [-0.2, 0) is 11.3 Å². The summed E-state index contributed by atoms with van der Waals surface area (Å²) in [7, 11) is 1.91. The Labute approximate surface area is 135 Å². The van der Waals surface area contributed by atoms with Gasteiger partial charge in [0.1, 0.15) is 13.2 Å². The van der Waals surface area contributed by atoms with Gasteiger partial charge in [0.2, 0.25) is 5.91 Å². The fourth-order valence-corrected chi connectivity index (χ4v) is 2.43. The Balaban J connectivity index is 1.54. The molecule has 0 atom stereocenters. The Morgan fingerprint density at radius 3 is 2.70 bits per heavy atom. The molecule has 1 aromatic carbocycles. The van der Waals surface area contributed by atoms with Crippen molar-refractivity contribution in [3.05, 3.63) is 48.3 Å². The average Bonchev–Trinajstić information content (AvgIpc) is 2.55. The van der Waals surface area contributed by atoms with Crippen molar-refractivity contribution in [3.8, 4) is 11.5 Å². The number of hydrogen-bond acceptors (Lipinski definition) is 5. The molecule has 1 amide bonds. The molecule has 2 aromatic rings. The fourth-order valence-electron chi connectivity index (χ4n) is 2.43. The molecule has 0 radical (unpaired) electrons. The maximum Gasteiger partial charge on any atom is 0.238 e. The van der Waals surface area contributed by atoms with Crippen molar-refractivity contribution in [1.82, 2.24) is 9.88 Å². The second-order valence-electron chi connectivity index (χ2n) is 5.43. The molecule has 2 heterocycles. The van der Waals surface area contributed by atoms with Crippen LogP contribution < -0.4 is 14.8 Å². The molecule has 0 fully saturated rings. The van der Waals surface area contributed by atoms with Gasteiger partial charge in [-0.15, -0.1) is 0 Å². The van der Waals surface area contributed by atoms with Gasteiger partial charge in [0.05, 0.1) is 6.54 Å². The maximum absolute atomic E-state index is 12.0. The number of rotatable bonds is 5. The molecule has 6 nitrogen and oxygen atoms in total. The first-order chi connectivity index (χ1) is 11.2. The van der Waals surface area contributed by atoms with Crippen LogP contribution in [0.2, 0.25) is 0 Å². The minimum Gasteiger partial charge on any atom is -0.486 e. The van der Waals surface area contributed by atoms with Crippen LogP contribution in [-0.4, -0.2) is 42.6 Å². The Morgan fingerprint density at radius 1 is 1.17 bits per heavy atom. The zero-order chi connectivity index (χ0) is 16.1.